The second-order valence-electron chi connectivity index (χ2n) is 3.02. The van der Waals surface area contributed by atoms with Crippen LogP contribution in [0.5, 0.6) is 11.6 Å². The first-order valence-corrected chi connectivity index (χ1v) is 3.96. The highest BCUT2D eigenvalue weighted by atomic mass is 16.3. The van der Waals surface area contributed by atoms with Gasteiger partial charge in [-0.05, 0) is 13.0 Å². The van der Waals surface area contributed by atoms with Gasteiger partial charge in [-0.1, -0.05) is 17.7 Å². The van der Waals surface area contributed by atoms with Crippen LogP contribution in [0.1, 0.15) is 5.56 Å². The lowest BCUT2D eigenvalue weighted by Gasteiger charge is -2.02. The molecule has 2 rings (SSSR count). The van der Waals surface area contributed by atoms with Crippen LogP contribution in [0.4, 0.5) is 0 Å². The summed E-state index contributed by atoms with van der Waals surface area (Å²) in [6, 6.07) is 5.60. The van der Waals surface area contributed by atoms with E-state index in [1.54, 1.807) is 0 Å². The van der Waals surface area contributed by atoms with Crippen LogP contribution in [0, 0.1) is 6.92 Å². The summed E-state index contributed by atoms with van der Waals surface area (Å²) in [6.07, 6.45) is 1.53. The third kappa shape index (κ3) is 1.18. The molecule has 0 unspecified atom stereocenters. The Balaban J connectivity index is 2.89. The molecule has 0 saturated carbocycles. The van der Waals surface area contributed by atoms with E-state index in [1.807, 2.05) is 25.1 Å². The van der Waals surface area contributed by atoms with Crippen molar-refractivity contribution in [1.82, 2.24) is 4.98 Å². The van der Waals surface area contributed by atoms with Crippen molar-refractivity contribution >= 4 is 10.8 Å². The lowest BCUT2D eigenvalue weighted by atomic mass is 10.1. The van der Waals surface area contributed by atoms with Gasteiger partial charge in [0.2, 0.25) is 0 Å². The molecule has 0 amide bonds. The fourth-order valence-electron chi connectivity index (χ4n) is 1.30. The van der Waals surface area contributed by atoms with E-state index in [0.717, 1.165) is 10.9 Å². The van der Waals surface area contributed by atoms with Crippen LogP contribution in [0.2, 0.25) is 0 Å². The highest BCUT2D eigenvalue weighted by Crippen LogP contribution is 2.31. The van der Waals surface area contributed by atoms with Gasteiger partial charge in [-0.25, -0.2) is 4.98 Å². The molecule has 2 aromatic rings. The first-order valence-electron chi connectivity index (χ1n) is 3.96. The average Bonchev–Trinajstić information content (AvgIpc) is 2.12. The van der Waals surface area contributed by atoms with E-state index >= 15 is 0 Å². The molecule has 3 heteroatoms. The number of aromatic hydroxyl groups is 2. The number of aryl methyl sites for hydroxylation is 1. The molecule has 0 fully saturated rings. The van der Waals surface area contributed by atoms with Gasteiger partial charge in [-0.15, -0.1) is 0 Å². The largest absolute Gasteiger partial charge is 0.503 e. The van der Waals surface area contributed by atoms with Crippen LogP contribution >= 0.6 is 0 Å². The fraction of sp³-hybridized carbons (Fsp3) is 0.100. The zero-order chi connectivity index (χ0) is 9.42. The molecule has 2 N–H and O–H groups in total. The van der Waals surface area contributed by atoms with Gasteiger partial charge >= 0.3 is 0 Å². The van der Waals surface area contributed by atoms with E-state index in [-0.39, 0.29) is 11.6 Å². The predicted molar refractivity (Wildman–Crippen MR) is 49.8 cm³/mol. The molecular weight excluding hydrogens is 166 g/mol. The molecule has 0 aliphatic carbocycles. The van der Waals surface area contributed by atoms with Gasteiger partial charge < -0.3 is 10.2 Å². The van der Waals surface area contributed by atoms with E-state index in [4.69, 9.17) is 5.11 Å². The van der Waals surface area contributed by atoms with Crippen LogP contribution in [-0.4, -0.2) is 15.2 Å². The Hall–Kier alpha value is -1.77. The topological polar surface area (TPSA) is 53.4 Å². The van der Waals surface area contributed by atoms with Crippen LogP contribution in [0.15, 0.2) is 24.4 Å². The molecule has 1 aromatic heterocycles. The number of nitrogens with zero attached hydrogens (tertiary/aromatic N) is 1. The quantitative estimate of drug-likeness (QED) is 0.643. The Morgan fingerprint density at radius 2 is 2.00 bits per heavy atom. The van der Waals surface area contributed by atoms with Crippen molar-refractivity contribution in [3.8, 4) is 11.6 Å². The van der Waals surface area contributed by atoms with Crippen molar-refractivity contribution in [3.05, 3.63) is 30.0 Å². The maximum absolute atomic E-state index is 9.47. The van der Waals surface area contributed by atoms with Crippen LogP contribution < -0.4 is 0 Å². The van der Waals surface area contributed by atoms with Crippen LogP contribution in [0.3, 0.4) is 0 Å². The predicted octanol–water partition coefficient (Wildman–Crippen LogP) is 1.95. The minimum Gasteiger partial charge on any atom is -0.503 e. The van der Waals surface area contributed by atoms with Gasteiger partial charge in [0.15, 0.2) is 5.75 Å². The third-order valence-corrected chi connectivity index (χ3v) is 2.00. The van der Waals surface area contributed by atoms with Crippen molar-refractivity contribution in [2.45, 2.75) is 6.92 Å². The summed E-state index contributed by atoms with van der Waals surface area (Å²) in [5.74, 6) is -0.473. The SMILES string of the molecule is Cc1ccc2cnc(O)c(O)c2c1. The molecule has 66 valence electrons. The molecule has 0 spiro atoms. The van der Waals surface area contributed by atoms with Crippen molar-refractivity contribution < 1.29 is 10.2 Å². The standard InChI is InChI=1S/C10H9NO2/c1-6-2-3-7-5-11-10(13)9(12)8(7)4-6/h2-5,12H,1H3,(H,11,13). The van der Waals surface area contributed by atoms with Gasteiger partial charge in [-0.3, -0.25) is 0 Å². The molecule has 0 saturated heterocycles. The van der Waals surface area contributed by atoms with E-state index in [2.05, 4.69) is 4.98 Å². The van der Waals surface area contributed by atoms with Gasteiger partial charge in [0.1, 0.15) is 0 Å². The van der Waals surface area contributed by atoms with E-state index in [9.17, 15) is 5.11 Å². The van der Waals surface area contributed by atoms with E-state index in [1.165, 1.54) is 6.20 Å². The maximum Gasteiger partial charge on any atom is 0.254 e. The molecule has 1 heterocycles. The fourth-order valence-corrected chi connectivity index (χ4v) is 1.30. The molecule has 1 aromatic carbocycles. The molecule has 0 bridgehead atoms. The number of rotatable bonds is 0. The van der Waals surface area contributed by atoms with E-state index < -0.39 is 0 Å². The summed E-state index contributed by atoms with van der Waals surface area (Å²) in [7, 11) is 0. The van der Waals surface area contributed by atoms with Crippen LogP contribution in [-0.2, 0) is 0 Å². The summed E-state index contributed by atoms with van der Waals surface area (Å²) in [6.45, 7) is 1.93. The molecule has 3 nitrogen and oxygen atoms in total. The number of benzene rings is 1. The number of aromatic nitrogens is 1. The summed E-state index contributed by atoms with van der Waals surface area (Å²) >= 11 is 0. The smallest absolute Gasteiger partial charge is 0.254 e. The molecule has 0 aliphatic heterocycles. The van der Waals surface area contributed by atoms with Gasteiger partial charge in [0, 0.05) is 17.0 Å². The summed E-state index contributed by atoms with van der Waals surface area (Å²) in [5.41, 5.74) is 1.04. The lowest BCUT2D eigenvalue weighted by Crippen LogP contribution is -1.80. The molecular formula is C10H9NO2. The van der Waals surface area contributed by atoms with Gasteiger partial charge in [0.25, 0.3) is 5.88 Å². The maximum atomic E-state index is 9.47. The minimum absolute atomic E-state index is 0.152. The van der Waals surface area contributed by atoms with Crippen molar-refractivity contribution in [2.24, 2.45) is 0 Å². The van der Waals surface area contributed by atoms with Crippen LogP contribution in [0.25, 0.3) is 10.8 Å². The van der Waals surface area contributed by atoms with Crippen molar-refractivity contribution in [1.29, 1.82) is 0 Å². The summed E-state index contributed by atoms with van der Waals surface area (Å²) < 4.78 is 0. The Morgan fingerprint density at radius 1 is 1.23 bits per heavy atom. The normalized spacial score (nSPS) is 10.5. The Kier molecular flexibility index (Phi) is 1.59. The van der Waals surface area contributed by atoms with Gasteiger partial charge in [0.05, 0.1) is 0 Å². The number of hydrogen-bond acceptors (Lipinski definition) is 3. The molecule has 0 atom stereocenters. The Bertz CT molecular complexity index is 460. The Labute approximate surface area is 75.3 Å². The second kappa shape index (κ2) is 2.62. The van der Waals surface area contributed by atoms with Crippen molar-refractivity contribution in [3.63, 3.8) is 0 Å². The molecule has 0 aliphatic rings. The monoisotopic (exact) mass is 175 g/mol. The van der Waals surface area contributed by atoms with Crippen molar-refractivity contribution in [2.75, 3.05) is 0 Å². The van der Waals surface area contributed by atoms with Gasteiger partial charge in [-0.2, -0.15) is 0 Å². The Morgan fingerprint density at radius 3 is 2.77 bits per heavy atom. The minimum atomic E-state index is -0.321. The molecule has 13 heavy (non-hydrogen) atoms. The average molecular weight is 175 g/mol. The highest BCUT2D eigenvalue weighted by Gasteiger charge is 2.05. The second-order valence-corrected chi connectivity index (χ2v) is 3.02. The number of hydrogen-bond donors (Lipinski definition) is 2. The first-order chi connectivity index (χ1) is 6.18. The molecule has 0 radical (unpaired) electrons. The van der Waals surface area contributed by atoms with E-state index in [0.29, 0.717) is 5.39 Å². The summed E-state index contributed by atoms with van der Waals surface area (Å²) in [4.78, 5) is 3.64. The zero-order valence-electron chi connectivity index (χ0n) is 7.15. The lowest BCUT2D eigenvalue weighted by molar-refractivity contribution is 0.393. The summed E-state index contributed by atoms with van der Waals surface area (Å²) in [5, 5.41) is 20.1. The first kappa shape index (κ1) is 7.86. The zero-order valence-corrected chi connectivity index (χ0v) is 7.15. The number of pyridine rings is 1. The highest BCUT2D eigenvalue weighted by molar-refractivity contribution is 5.89. The third-order valence-electron chi connectivity index (χ3n) is 2.00. The number of fused-ring (bicyclic) bond motifs is 1.